The molecular weight excluding hydrogens is 288 g/mol. The maximum Gasteiger partial charge on any atom is 0.418 e. The van der Waals surface area contributed by atoms with Gasteiger partial charge in [-0.25, -0.2) is 0 Å². The third kappa shape index (κ3) is 3.58. The van der Waals surface area contributed by atoms with Gasteiger partial charge in [-0.2, -0.15) is 18.5 Å². The van der Waals surface area contributed by atoms with Gasteiger partial charge in [0.2, 0.25) is 5.96 Å². The lowest BCUT2D eigenvalue weighted by Gasteiger charge is -2.36. The molecule has 2 aliphatic rings. The molecule has 10 nitrogen and oxygen atoms in total. The average molecular weight is 306 g/mol. The van der Waals surface area contributed by atoms with Crippen molar-refractivity contribution < 1.29 is 17.3 Å². The molecule has 2 aliphatic heterocycles. The quantitative estimate of drug-likeness (QED) is 0.492. The minimum Gasteiger partial charge on any atom is -0.368 e. The highest BCUT2D eigenvalue weighted by molar-refractivity contribution is 7.80. The monoisotopic (exact) mass is 306 g/mol. The lowest BCUT2D eigenvalue weighted by molar-refractivity contribution is -0.0135. The van der Waals surface area contributed by atoms with Crippen molar-refractivity contribution in [2.24, 2.45) is 16.5 Å². The highest BCUT2D eigenvalue weighted by Gasteiger charge is 2.28. The van der Waals surface area contributed by atoms with E-state index in [1.54, 1.807) is 0 Å². The molecule has 0 aromatic carbocycles. The Bertz CT molecular complexity index is 525. The fraction of sp³-hybridized carbons (Fsp3) is 0.667. The molecule has 0 bridgehead atoms. The van der Waals surface area contributed by atoms with Gasteiger partial charge < -0.3 is 21.3 Å². The molecule has 0 saturated carbocycles. The van der Waals surface area contributed by atoms with Gasteiger partial charge in [0.15, 0.2) is 0 Å². The first-order valence-corrected chi connectivity index (χ1v) is 7.34. The number of aliphatic imine (C=N–C) groups is 1. The lowest BCUT2D eigenvalue weighted by Crippen LogP contribution is -2.53. The Kier molecular flexibility index (Phi) is 4.15. The second-order valence-electron chi connectivity index (χ2n) is 4.60. The molecule has 0 aromatic heterocycles. The Hall–Kier alpha value is -1.40. The summed E-state index contributed by atoms with van der Waals surface area (Å²) in [6, 6.07) is 0. The van der Waals surface area contributed by atoms with E-state index in [1.807, 2.05) is 11.9 Å². The van der Waals surface area contributed by atoms with Gasteiger partial charge in [0.1, 0.15) is 12.0 Å². The van der Waals surface area contributed by atoms with Crippen molar-refractivity contribution in [3.8, 4) is 0 Å². The van der Waals surface area contributed by atoms with E-state index < -0.39 is 16.6 Å². The summed E-state index contributed by atoms with van der Waals surface area (Å²) >= 11 is 0. The molecule has 2 rings (SSSR count). The van der Waals surface area contributed by atoms with Crippen molar-refractivity contribution in [3.05, 3.63) is 11.9 Å². The molecule has 0 aliphatic carbocycles. The highest BCUT2D eigenvalue weighted by atomic mass is 32.3. The van der Waals surface area contributed by atoms with Gasteiger partial charge in [-0.1, -0.05) is 0 Å². The number of piperazine rings is 1. The van der Waals surface area contributed by atoms with Crippen molar-refractivity contribution in [3.63, 3.8) is 0 Å². The summed E-state index contributed by atoms with van der Waals surface area (Å²) in [4.78, 5) is 8.23. The summed E-state index contributed by atoms with van der Waals surface area (Å²) in [7, 11) is -2.68. The number of nitrogens with two attached hydrogens (primary N) is 2. The summed E-state index contributed by atoms with van der Waals surface area (Å²) in [6.45, 7) is 3.30. The first-order valence-electron chi connectivity index (χ1n) is 5.97. The third-order valence-corrected chi connectivity index (χ3v) is 3.40. The predicted molar refractivity (Wildman–Crippen MR) is 71.2 cm³/mol. The highest BCUT2D eigenvalue weighted by Crippen LogP contribution is 2.17. The number of hydroxylamine groups is 2. The van der Waals surface area contributed by atoms with E-state index in [9.17, 15) is 8.42 Å². The smallest absolute Gasteiger partial charge is 0.368 e. The van der Waals surface area contributed by atoms with Crippen LogP contribution in [0.1, 0.15) is 0 Å². The fourth-order valence-electron chi connectivity index (χ4n) is 1.98. The molecule has 1 atom stereocenters. The predicted octanol–water partition coefficient (Wildman–Crippen LogP) is -2.28. The van der Waals surface area contributed by atoms with Crippen LogP contribution in [0.3, 0.4) is 0 Å². The van der Waals surface area contributed by atoms with Crippen LogP contribution in [0.5, 0.6) is 0 Å². The Labute approximate surface area is 117 Å². The molecule has 2 heterocycles. The number of hydrogen-bond donors (Lipinski definition) is 3. The zero-order valence-corrected chi connectivity index (χ0v) is 11.8. The van der Waals surface area contributed by atoms with Gasteiger partial charge in [0.25, 0.3) is 0 Å². The Morgan fingerprint density at radius 1 is 1.40 bits per heavy atom. The molecule has 5 N–H and O–H groups in total. The topological polar surface area (TPSA) is 138 Å². The van der Waals surface area contributed by atoms with Gasteiger partial charge in [0.05, 0.1) is 0 Å². The molecule has 1 saturated heterocycles. The van der Waals surface area contributed by atoms with Crippen LogP contribution in [0.4, 0.5) is 0 Å². The number of nitrogens with zero attached hydrogens (tertiary/aromatic N) is 4. The van der Waals surface area contributed by atoms with E-state index >= 15 is 0 Å². The van der Waals surface area contributed by atoms with Crippen molar-refractivity contribution in [2.75, 3.05) is 33.2 Å². The van der Waals surface area contributed by atoms with Crippen molar-refractivity contribution in [1.29, 1.82) is 0 Å². The average Bonchev–Trinajstić information content (AvgIpc) is 2.33. The van der Waals surface area contributed by atoms with Gasteiger partial charge >= 0.3 is 10.4 Å². The van der Waals surface area contributed by atoms with Crippen LogP contribution >= 0.6 is 0 Å². The van der Waals surface area contributed by atoms with E-state index in [0.717, 1.165) is 26.2 Å². The first kappa shape index (κ1) is 15.0. The fourth-order valence-corrected chi connectivity index (χ4v) is 2.36. The van der Waals surface area contributed by atoms with E-state index in [1.165, 1.54) is 6.08 Å². The van der Waals surface area contributed by atoms with E-state index in [4.69, 9.17) is 16.0 Å². The van der Waals surface area contributed by atoms with Crippen LogP contribution in [-0.4, -0.2) is 73.2 Å². The summed E-state index contributed by atoms with van der Waals surface area (Å²) in [5.41, 5.74) is 11.4. The maximum absolute atomic E-state index is 10.7. The molecule has 0 radical (unpaired) electrons. The molecule has 114 valence electrons. The summed E-state index contributed by atoms with van der Waals surface area (Å²) in [5, 5.41) is 0.634. The summed E-state index contributed by atoms with van der Waals surface area (Å²) in [5.74, 6) is 0.338. The zero-order chi connectivity index (χ0) is 14.9. The minimum atomic E-state index is -4.70. The first-order chi connectivity index (χ1) is 9.26. The zero-order valence-electron chi connectivity index (χ0n) is 11.0. The molecule has 1 unspecified atom stereocenters. The molecule has 11 heteroatoms. The van der Waals surface area contributed by atoms with Crippen LogP contribution < -0.4 is 11.5 Å². The normalized spacial score (nSPS) is 25.4. The molecule has 0 amide bonds. The second kappa shape index (κ2) is 5.54. The summed E-state index contributed by atoms with van der Waals surface area (Å²) < 4.78 is 34.3. The number of rotatable bonds is 3. The second-order valence-corrected chi connectivity index (χ2v) is 5.61. The van der Waals surface area contributed by atoms with Crippen LogP contribution in [0, 0.1) is 0 Å². The largest absolute Gasteiger partial charge is 0.418 e. The lowest BCUT2D eigenvalue weighted by atomic mass is 10.3. The standard InChI is InChI=1S/C9H18N6O4S/c1-13-2-4-14(5-3-13)8-6-7(10)15(9(11)12-8)19-20(16,17)18/h6-7H,2-5,10H2,1H3,(H2,11,12)(H,16,17,18). The summed E-state index contributed by atoms with van der Waals surface area (Å²) in [6.07, 6.45) is 0.566. The van der Waals surface area contributed by atoms with Gasteiger partial charge in [-0.05, 0) is 13.1 Å². The third-order valence-electron chi connectivity index (χ3n) is 3.05. The molecule has 20 heavy (non-hydrogen) atoms. The Morgan fingerprint density at radius 2 is 2.00 bits per heavy atom. The van der Waals surface area contributed by atoms with Gasteiger partial charge in [0, 0.05) is 26.2 Å². The van der Waals surface area contributed by atoms with E-state index in [0.29, 0.717) is 10.9 Å². The maximum atomic E-state index is 10.7. The van der Waals surface area contributed by atoms with Gasteiger partial charge in [-0.3, -0.25) is 4.55 Å². The number of guanidine groups is 1. The van der Waals surface area contributed by atoms with E-state index in [2.05, 4.69) is 14.2 Å². The molecule has 0 aromatic rings. The van der Waals surface area contributed by atoms with E-state index in [-0.39, 0.29) is 5.96 Å². The van der Waals surface area contributed by atoms with Crippen LogP contribution in [0.25, 0.3) is 0 Å². The molecule has 1 fully saturated rings. The SMILES string of the molecule is CN1CCN(C2=CC(N)N(OS(=O)(=O)O)C(N)=N2)CC1. The van der Waals surface area contributed by atoms with Crippen molar-refractivity contribution >= 4 is 16.4 Å². The Balaban J connectivity index is 2.10. The number of likely N-dealkylation sites (N-methyl/N-ethyl adjacent to an activating group) is 1. The van der Waals surface area contributed by atoms with Crippen LogP contribution in [-0.2, 0) is 14.7 Å². The minimum absolute atomic E-state index is 0.230. The Morgan fingerprint density at radius 3 is 2.50 bits per heavy atom. The van der Waals surface area contributed by atoms with Crippen LogP contribution in [0.15, 0.2) is 16.9 Å². The van der Waals surface area contributed by atoms with Gasteiger partial charge in [-0.15, -0.1) is 4.28 Å². The molecule has 0 spiro atoms. The van der Waals surface area contributed by atoms with Crippen molar-refractivity contribution in [1.82, 2.24) is 14.9 Å². The van der Waals surface area contributed by atoms with Crippen molar-refractivity contribution in [2.45, 2.75) is 6.17 Å². The van der Waals surface area contributed by atoms with Crippen LogP contribution in [0.2, 0.25) is 0 Å². The molecular formula is C9H18N6O4S. The number of hydrogen-bond acceptors (Lipinski definition) is 9.